The predicted octanol–water partition coefficient (Wildman–Crippen LogP) is 2.75. The highest BCUT2D eigenvalue weighted by atomic mass is 16.4. The molecule has 0 aromatic heterocycles. The van der Waals surface area contributed by atoms with Gasteiger partial charge in [-0.15, -0.1) is 0 Å². The number of carboxylic acids is 1. The van der Waals surface area contributed by atoms with E-state index in [-0.39, 0.29) is 9.27 Å². The van der Waals surface area contributed by atoms with Gasteiger partial charge in [-0.2, -0.15) is 0 Å². The second kappa shape index (κ2) is 4.13. The Hall–Kier alpha value is -2.00. The molecule has 5 heteroatoms. The van der Waals surface area contributed by atoms with Crippen LogP contribution in [0.3, 0.4) is 0 Å². The monoisotopic (exact) mass is 181 g/mol. The SMILES string of the molecule is [HH].[HH].[N-]=[N+]=Nc1cccc(CC(=O)O)c1. The summed E-state index contributed by atoms with van der Waals surface area (Å²) in [6.07, 6.45) is -0.0607. The summed E-state index contributed by atoms with van der Waals surface area (Å²) in [6, 6.07) is 6.49. The molecule has 0 unspecified atom stereocenters. The number of carboxylic acid groups (broad SMARTS) is 1. The van der Waals surface area contributed by atoms with Crippen LogP contribution in [-0.4, -0.2) is 11.1 Å². The number of carbonyl (C=O) groups is 1. The van der Waals surface area contributed by atoms with Gasteiger partial charge in [-0.3, -0.25) is 4.79 Å². The van der Waals surface area contributed by atoms with Crippen LogP contribution < -0.4 is 0 Å². The lowest BCUT2D eigenvalue weighted by Gasteiger charge is -1.96. The van der Waals surface area contributed by atoms with Crippen molar-refractivity contribution in [2.75, 3.05) is 0 Å². The van der Waals surface area contributed by atoms with Gasteiger partial charge < -0.3 is 5.11 Å². The molecule has 0 radical (unpaired) electrons. The van der Waals surface area contributed by atoms with Gasteiger partial charge in [-0.05, 0) is 17.2 Å². The lowest BCUT2D eigenvalue weighted by atomic mass is 10.1. The van der Waals surface area contributed by atoms with Crippen LogP contribution >= 0.6 is 0 Å². The molecule has 0 fully saturated rings. The van der Waals surface area contributed by atoms with Gasteiger partial charge in [0.1, 0.15) is 0 Å². The number of benzene rings is 1. The minimum absolute atomic E-state index is 0. The molecule has 1 aromatic carbocycles. The maximum atomic E-state index is 10.3. The zero-order valence-electron chi connectivity index (χ0n) is 6.71. The summed E-state index contributed by atoms with van der Waals surface area (Å²) in [5.74, 6) is -0.905. The maximum absolute atomic E-state index is 10.3. The van der Waals surface area contributed by atoms with Crippen LogP contribution in [0.5, 0.6) is 0 Å². The summed E-state index contributed by atoms with van der Waals surface area (Å²) in [6.45, 7) is 0. The van der Waals surface area contributed by atoms with Crippen LogP contribution in [0.4, 0.5) is 5.69 Å². The largest absolute Gasteiger partial charge is 0.481 e. The molecule has 0 aliphatic heterocycles. The normalized spacial score (nSPS) is 8.92. The molecule has 70 valence electrons. The molecule has 1 N–H and O–H groups in total. The fraction of sp³-hybridized carbons (Fsp3) is 0.125. The summed E-state index contributed by atoms with van der Waals surface area (Å²) in [5, 5.41) is 11.8. The molecule has 0 saturated carbocycles. The van der Waals surface area contributed by atoms with Gasteiger partial charge in [0.15, 0.2) is 0 Å². The fourth-order valence-electron chi connectivity index (χ4n) is 0.955. The van der Waals surface area contributed by atoms with E-state index < -0.39 is 5.97 Å². The van der Waals surface area contributed by atoms with E-state index in [2.05, 4.69) is 10.0 Å². The minimum Gasteiger partial charge on any atom is -0.481 e. The molecular formula is C8H11N3O2. The highest BCUT2D eigenvalue weighted by molar-refractivity contribution is 5.70. The maximum Gasteiger partial charge on any atom is 0.307 e. The first-order valence-corrected chi connectivity index (χ1v) is 3.58. The number of rotatable bonds is 3. The minimum atomic E-state index is -0.905. The number of hydrogen-bond donors (Lipinski definition) is 1. The van der Waals surface area contributed by atoms with E-state index in [4.69, 9.17) is 10.6 Å². The second-order valence-electron chi connectivity index (χ2n) is 2.43. The van der Waals surface area contributed by atoms with Crippen LogP contribution in [0.1, 0.15) is 8.42 Å². The average Bonchev–Trinajstić information content (AvgIpc) is 2.04. The lowest BCUT2D eigenvalue weighted by molar-refractivity contribution is -0.136. The summed E-state index contributed by atoms with van der Waals surface area (Å²) < 4.78 is 0. The Bertz CT molecular complexity index is 378. The molecule has 0 atom stereocenters. The smallest absolute Gasteiger partial charge is 0.307 e. The van der Waals surface area contributed by atoms with Gasteiger partial charge in [-0.1, -0.05) is 23.3 Å². The quantitative estimate of drug-likeness (QED) is 0.441. The molecule has 0 amide bonds. The van der Waals surface area contributed by atoms with E-state index >= 15 is 0 Å². The first kappa shape index (κ1) is 9.09. The van der Waals surface area contributed by atoms with Crippen molar-refractivity contribution in [2.24, 2.45) is 5.11 Å². The first-order valence-electron chi connectivity index (χ1n) is 3.58. The molecule has 0 aliphatic carbocycles. The van der Waals surface area contributed by atoms with E-state index in [0.717, 1.165) is 0 Å². The molecule has 5 nitrogen and oxygen atoms in total. The highest BCUT2D eigenvalue weighted by Crippen LogP contribution is 2.14. The van der Waals surface area contributed by atoms with Crippen molar-refractivity contribution in [3.63, 3.8) is 0 Å². The lowest BCUT2D eigenvalue weighted by Crippen LogP contribution is -1.99. The first-order chi connectivity index (χ1) is 6.22. The molecule has 1 rings (SSSR count). The van der Waals surface area contributed by atoms with E-state index in [1.807, 2.05) is 0 Å². The van der Waals surface area contributed by atoms with E-state index in [9.17, 15) is 4.79 Å². The molecule has 1 aromatic rings. The number of hydrogen-bond acceptors (Lipinski definition) is 2. The van der Waals surface area contributed by atoms with Crippen molar-refractivity contribution in [3.05, 3.63) is 40.3 Å². The van der Waals surface area contributed by atoms with Crippen molar-refractivity contribution in [2.45, 2.75) is 6.42 Å². The third kappa shape index (κ3) is 2.84. The average molecular weight is 181 g/mol. The standard InChI is InChI=1S/C8H7N3O2.2H2/c9-11-10-7-3-1-2-6(4-7)5-8(12)13;;/h1-4H,5H2,(H,12,13);2*1H. The van der Waals surface area contributed by atoms with E-state index in [1.165, 1.54) is 0 Å². The Morgan fingerprint density at radius 2 is 2.46 bits per heavy atom. The Balaban J connectivity index is 0. The van der Waals surface area contributed by atoms with Gasteiger partial charge in [0, 0.05) is 13.5 Å². The fourth-order valence-corrected chi connectivity index (χ4v) is 0.955. The highest BCUT2D eigenvalue weighted by Gasteiger charge is 1.99. The van der Waals surface area contributed by atoms with Crippen molar-refractivity contribution in [1.82, 2.24) is 0 Å². The zero-order valence-corrected chi connectivity index (χ0v) is 6.71. The van der Waals surface area contributed by atoms with Gasteiger partial charge in [0.25, 0.3) is 0 Å². The summed E-state index contributed by atoms with van der Waals surface area (Å²) >= 11 is 0. The van der Waals surface area contributed by atoms with Gasteiger partial charge in [0.2, 0.25) is 0 Å². The predicted molar refractivity (Wildman–Crippen MR) is 50.8 cm³/mol. The molecule has 0 aliphatic rings. The molecule has 0 saturated heterocycles. The topological polar surface area (TPSA) is 86.1 Å². The van der Waals surface area contributed by atoms with E-state index in [0.29, 0.717) is 11.3 Å². The van der Waals surface area contributed by atoms with Crippen molar-refractivity contribution in [3.8, 4) is 0 Å². The van der Waals surface area contributed by atoms with Crippen LogP contribution in [-0.2, 0) is 11.2 Å². The van der Waals surface area contributed by atoms with Crippen molar-refractivity contribution in [1.29, 1.82) is 0 Å². The molecule has 0 heterocycles. The number of nitrogens with zero attached hydrogens (tertiary/aromatic N) is 3. The van der Waals surface area contributed by atoms with Crippen molar-refractivity contribution >= 4 is 11.7 Å². The molecule has 0 bridgehead atoms. The molecular weight excluding hydrogens is 170 g/mol. The van der Waals surface area contributed by atoms with E-state index in [1.54, 1.807) is 24.3 Å². The van der Waals surface area contributed by atoms with Gasteiger partial charge in [0.05, 0.1) is 6.42 Å². The molecule has 13 heavy (non-hydrogen) atoms. The second-order valence-corrected chi connectivity index (χ2v) is 2.43. The third-order valence-electron chi connectivity index (χ3n) is 1.43. The molecule has 0 spiro atoms. The summed E-state index contributed by atoms with van der Waals surface area (Å²) in [4.78, 5) is 12.9. The van der Waals surface area contributed by atoms with Crippen LogP contribution in [0, 0.1) is 0 Å². The summed E-state index contributed by atoms with van der Waals surface area (Å²) in [7, 11) is 0. The van der Waals surface area contributed by atoms with Gasteiger partial charge >= 0.3 is 5.97 Å². The third-order valence-corrected chi connectivity index (χ3v) is 1.43. The zero-order chi connectivity index (χ0) is 9.68. The number of azide groups is 1. The van der Waals surface area contributed by atoms with Gasteiger partial charge in [-0.25, -0.2) is 0 Å². The van der Waals surface area contributed by atoms with Crippen molar-refractivity contribution < 1.29 is 12.8 Å². The Labute approximate surface area is 77.2 Å². The Kier molecular flexibility index (Phi) is 2.89. The van der Waals surface area contributed by atoms with Crippen LogP contribution in [0.2, 0.25) is 0 Å². The van der Waals surface area contributed by atoms with Crippen LogP contribution in [0.25, 0.3) is 10.4 Å². The Morgan fingerprint density at radius 1 is 1.69 bits per heavy atom. The summed E-state index contributed by atoms with van der Waals surface area (Å²) in [5.41, 5.74) is 9.19. The van der Waals surface area contributed by atoms with Crippen LogP contribution in [0.15, 0.2) is 29.4 Å². The Morgan fingerprint density at radius 3 is 3.08 bits per heavy atom. The number of aliphatic carboxylic acids is 1.